The molecule has 2 aromatic carbocycles. The number of ether oxygens (including phenoxy) is 1. The molecule has 192 valence electrons. The van der Waals surface area contributed by atoms with Crippen molar-refractivity contribution >= 4 is 23.7 Å². The lowest BCUT2D eigenvalue weighted by molar-refractivity contribution is -0.237. The summed E-state index contributed by atoms with van der Waals surface area (Å²) >= 11 is -0.665. The number of amides is 1. The molecular formula is C21H15F7N4O3S. The molecule has 1 amide bonds. The van der Waals surface area contributed by atoms with Crippen molar-refractivity contribution in [3.8, 4) is 17.2 Å². The third-order valence-electron chi connectivity index (χ3n) is 5.22. The molecule has 0 spiro atoms. The van der Waals surface area contributed by atoms with E-state index in [4.69, 9.17) is 9.15 Å². The highest BCUT2D eigenvalue weighted by atomic mass is 32.2. The predicted octanol–water partition coefficient (Wildman–Crippen LogP) is 4.96. The van der Waals surface area contributed by atoms with Crippen LogP contribution in [-0.4, -0.2) is 47.2 Å². The molecule has 0 saturated carbocycles. The van der Waals surface area contributed by atoms with Crippen molar-refractivity contribution in [3.63, 3.8) is 0 Å². The van der Waals surface area contributed by atoms with Crippen molar-refractivity contribution in [2.24, 2.45) is 0 Å². The molecule has 0 bridgehead atoms. The Kier molecular flexibility index (Phi) is 6.77. The van der Waals surface area contributed by atoms with Crippen LogP contribution in [0, 0.1) is 11.6 Å². The SMILES string of the molecule is COc1cc(F)c([C@@H]2CNC(=O)[C@H]2Nc2nnc(-c3ccc(SC(F)(F)C(F)(F)F)cc3)o2)c(F)c1. The molecule has 2 atom stereocenters. The highest BCUT2D eigenvalue weighted by Gasteiger charge is 2.58. The second kappa shape index (κ2) is 9.52. The van der Waals surface area contributed by atoms with Gasteiger partial charge < -0.3 is 19.8 Å². The maximum absolute atomic E-state index is 14.6. The maximum Gasteiger partial charge on any atom is 0.464 e. The molecule has 0 radical (unpaired) electrons. The van der Waals surface area contributed by atoms with Crippen LogP contribution < -0.4 is 15.4 Å². The first-order chi connectivity index (χ1) is 16.9. The number of halogens is 7. The molecule has 1 aliphatic rings. The minimum absolute atomic E-state index is 0.0383. The van der Waals surface area contributed by atoms with E-state index in [9.17, 15) is 35.5 Å². The fourth-order valence-electron chi connectivity index (χ4n) is 3.49. The molecule has 1 aliphatic heterocycles. The first-order valence-electron chi connectivity index (χ1n) is 10.0. The highest BCUT2D eigenvalue weighted by Crippen LogP contribution is 2.47. The number of thioether (sulfide) groups is 1. The van der Waals surface area contributed by atoms with Crippen LogP contribution >= 0.6 is 11.8 Å². The zero-order chi connectivity index (χ0) is 26.3. The van der Waals surface area contributed by atoms with Crippen molar-refractivity contribution in [2.75, 3.05) is 19.0 Å². The van der Waals surface area contributed by atoms with E-state index < -0.39 is 52.7 Å². The number of hydrogen-bond donors (Lipinski definition) is 2. The standard InChI is InChI=1S/C21H15F7N4O3S/c1-34-10-6-13(22)15(14(23)7-10)12-8-29-17(33)16(12)30-19-32-31-18(35-19)9-2-4-11(5-3-9)36-21(27,28)20(24,25)26/h2-7,12,16H,8H2,1H3,(H,29,33)(H,30,32)/t12-,16-/m0/s1. The van der Waals surface area contributed by atoms with Gasteiger partial charge >= 0.3 is 17.4 Å². The van der Waals surface area contributed by atoms with Crippen molar-refractivity contribution in [3.05, 3.63) is 53.6 Å². The van der Waals surface area contributed by atoms with Crippen LogP contribution in [0.5, 0.6) is 5.75 Å². The third kappa shape index (κ3) is 5.05. The number of nitrogens with zero attached hydrogens (tertiary/aromatic N) is 2. The Morgan fingerprint density at radius 3 is 2.31 bits per heavy atom. The third-order valence-corrected chi connectivity index (χ3v) is 6.22. The zero-order valence-electron chi connectivity index (χ0n) is 18.0. The Hall–Kier alpha value is -3.49. The van der Waals surface area contributed by atoms with Gasteiger partial charge in [-0.15, -0.1) is 5.10 Å². The lowest BCUT2D eigenvalue weighted by atomic mass is 9.93. The van der Waals surface area contributed by atoms with Gasteiger partial charge in [0.05, 0.1) is 7.11 Å². The number of nitrogens with one attached hydrogen (secondary N) is 2. The van der Waals surface area contributed by atoms with E-state index in [2.05, 4.69) is 20.8 Å². The van der Waals surface area contributed by atoms with Crippen LogP contribution in [0.2, 0.25) is 0 Å². The van der Waals surface area contributed by atoms with E-state index in [1.807, 2.05) is 0 Å². The monoisotopic (exact) mass is 536 g/mol. The average Bonchev–Trinajstić information content (AvgIpc) is 3.40. The Balaban J connectivity index is 1.50. The fourth-order valence-corrected chi connectivity index (χ4v) is 4.18. The van der Waals surface area contributed by atoms with Gasteiger partial charge in [-0.3, -0.25) is 4.79 Å². The van der Waals surface area contributed by atoms with E-state index in [0.29, 0.717) is 0 Å². The summed E-state index contributed by atoms with van der Waals surface area (Å²) in [5.41, 5.74) is -0.162. The summed E-state index contributed by atoms with van der Waals surface area (Å²) in [6.45, 7) is -0.0840. The van der Waals surface area contributed by atoms with Crippen molar-refractivity contribution in [1.29, 1.82) is 0 Å². The van der Waals surface area contributed by atoms with Crippen LogP contribution in [0.15, 0.2) is 45.7 Å². The number of methoxy groups -OCH3 is 1. The van der Waals surface area contributed by atoms with E-state index in [1.54, 1.807) is 0 Å². The summed E-state index contributed by atoms with van der Waals surface area (Å²) in [4.78, 5) is 12.0. The summed E-state index contributed by atoms with van der Waals surface area (Å²) in [5, 5.41) is 7.61. The summed E-state index contributed by atoms with van der Waals surface area (Å²) in [5.74, 6) is -3.58. The van der Waals surface area contributed by atoms with Gasteiger partial charge in [0.15, 0.2) is 0 Å². The minimum Gasteiger partial charge on any atom is -0.497 e. The van der Waals surface area contributed by atoms with Crippen molar-refractivity contribution in [1.82, 2.24) is 15.5 Å². The number of hydrogen-bond acceptors (Lipinski definition) is 7. The van der Waals surface area contributed by atoms with Gasteiger partial charge in [0.2, 0.25) is 11.8 Å². The maximum atomic E-state index is 14.6. The number of anilines is 1. The van der Waals surface area contributed by atoms with Gasteiger partial charge in [-0.05, 0) is 36.0 Å². The number of alkyl halides is 5. The number of rotatable bonds is 7. The molecule has 1 saturated heterocycles. The number of carbonyl (C=O) groups excluding carboxylic acids is 1. The summed E-state index contributed by atoms with van der Waals surface area (Å²) < 4.78 is 103. The normalized spacial score (nSPS) is 18.3. The van der Waals surface area contributed by atoms with Crippen LogP contribution in [0.25, 0.3) is 11.5 Å². The molecular weight excluding hydrogens is 521 g/mol. The largest absolute Gasteiger partial charge is 0.497 e. The molecule has 1 fully saturated rings. The summed E-state index contributed by atoms with van der Waals surface area (Å²) in [6, 6.07) is 4.93. The predicted molar refractivity (Wildman–Crippen MR) is 113 cm³/mol. The second-order valence-corrected chi connectivity index (χ2v) is 8.72. The van der Waals surface area contributed by atoms with Gasteiger partial charge in [0.25, 0.3) is 0 Å². The smallest absolute Gasteiger partial charge is 0.464 e. The molecule has 7 nitrogen and oxygen atoms in total. The number of benzene rings is 2. The van der Waals surface area contributed by atoms with Crippen LogP contribution in [-0.2, 0) is 4.79 Å². The summed E-state index contributed by atoms with van der Waals surface area (Å²) in [6.07, 6.45) is -5.72. The molecule has 3 aromatic rings. The van der Waals surface area contributed by atoms with Gasteiger partial charge in [-0.2, -0.15) is 22.0 Å². The van der Waals surface area contributed by atoms with Gasteiger partial charge in [0.1, 0.15) is 23.4 Å². The Morgan fingerprint density at radius 1 is 1.08 bits per heavy atom. The topological polar surface area (TPSA) is 89.3 Å². The van der Waals surface area contributed by atoms with Gasteiger partial charge in [-0.1, -0.05) is 5.10 Å². The molecule has 36 heavy (non-hydrogen) atoms. The van der Waals surface area contributed by atoms with Gasteiger partial charge in [-0.25, -0.2) is 8.78 Å². The van der Waals surface area contributed by atoms with Crippen LogP contribution in [0.3, 0.4) is 0 Å². The molecule has 4 rings (SSSR count). The van der Waals surface area contributed by atoms with Crippen LogP contribution in [0.1, 0.15) is 11.5 Å². The highest BCUT2D eigenvalue weighted by molar-refractivity contribution is 8.00. The molecule has 1 aromatic heterocycles. The van der Waals surface area contributed by atoms with E-state index >= 15 is 0 Å². The average molecular weight is 536 g/mol. The van der Waals surface area contributed by atoms with E-state index in [1.165, 1.54) is 19.2 Å². The molecule has 0 unspecified atom stereocenters. The molecule has 2 N–H and O–H groups in total. The number of carbonyl (C=O) groups is 1. The molecule has 2 heterocycles. The van der Waals surface area contributed by atoms with Gasteiger partial charge in [0, 0.05) is 40.6 Å². The van der Waals surface area contributed by atoms with Crippen molar-refractivity contribution < 1.29 is 44.7 Å². The fraction of sp³-hybridized carbons (Fsp3) is 0.286. The Bertz CT molecular complexity index is 1240. The quantitative estimate of drug-likeness (QED) is 0.326. The molecule has 0 aliphatic carbocycles. The summed E-state index contributed by atoms with van der Waals surface area (Å²) in [7, 11) is 1.25. The molecule has 15 heteroatoms. The van der Waals surface area contributed by atoms with Crippen molar-refractivity contribution in [2.45, 2.75) is 28.3 Å². The first kappa shape index (κ1) is 25.6. The first-order valence-corrected chi connectivity index (χ1v) is 10.9. The Morgan fingerprint density at radius 2 is 1.72 bits per heavy atom. The van der Waals surface area contributed by atoms with Crippen LogP contribution in [0.4, 0.5) is 36.7 Å². The lowest BCUT2D eigenvalue weighted by Gasteiger charge is -2.19. The number of aromatic nitrogens is 2. The Labute approximate surface area is 202 Å². The second-order valence-electron chi connectivity index (χ2n) is 7.53. The zero-order valence-corrected chi connectivity index (χ0v) is 18.8. The minimum atomic E-state index is -5.72. The van der Waals surface area contributed by atoms with E-state index in [-0.39, 0.29) is 40.2 Å². The van der Waals surface area contributed by atoms with E-state index in [0.717, 1.165) is 24.3 Å². The lowest BCUT2D eigenvalue weighted by Crippen LogP contribution is -2.33.